The van der Waals surface area contributed by atoms with Gasteiger partial charge in [0.2, 0.25) is 0 Å². The van der Waals surface area contributed by atoms with E-state index < -0.39 is 5.97 Å². The minimum Gasteiger partial charge on any atom is -0.550 e. The Morgan fingerprint density at radius 1 is 0.471 bits per heavy atom. The van der Waals surface area contributed by atoms with Crippen molar-refractivity contribution in [3.8, 4) is 0 Å². The first-order chi connectivity index (χ1) is 16.8. The molecule has 0 amide bonds. The van der Waals surface area contributed by atoms with E-state index >= 15 is 0 Å². The van der Waals surface area contributed by atoms with Crippen molar-refractivity contribution in [2.75, 3.05) is 0 Å². The molecule has 0 aromatic heterocycles. The number of unbranched alkanes of at least 4 members (excludes halogenated alkanes) is 13. The fourth-order valence-electron chi connectivity index (χ4n) is 3.78. The molecule has 0 aliphatic rings. The molecule has 2 nitrogen and oxygen atoms in total. The predicted molar refractivity (Wildman–Crippen MR) is 149 cm³/mol. The molecule has 0 bridgehead atoms. The minimum absolute atomic E-state index is 0.220. The largest absolute Gasteiger partial charge is 0.550 e. The zero-order chi connectivity index (χ0) is 24.8. The van der Waals surface area contributed by atoms with E-state index in [0.717, 1.165) is 44.9 Å². The second-order valence-corrected chi connectivity index (χ2v) is 9.24. The SMILES string of the molecule is CCCCC/C=C\C/C=C\C/C=C\C/C=C\C/C=C\CCCCCCCCCCCCC(=O)[O-]. The van der Waals surface area contributed by atoms with Crippen LogP contribution in [-0.2, 0) is 4.79 Å². The number of aliphatic carboxylic acids is 1. The van der Waals surface area contributed by atoms with Gasteiger partial charge in [-0.15, -0.1) is 0 Å². The average molecular weight is 470 g/mol. The molecule has 194 valence electrons. The number of allylic oxidation sites excluding steroid dienone is 10. The van der Waals surface area contributed by atoms with Gasteiger partial charge in [0.1, 0.15) is 0 Å². The Hall–Kier alpha value is -1.83. The Bertz CT molecular complexity index is 566. The molecule has 0 spiro atoms. The van der Waals surface area contributed by atoms with Gasteiger partial charge in [-0.25, -0.2) is 0 Å². The summed E-state index contributed by atoms with van der Waals surface area (Å²) >= 11 is 0. The van der Waals surface area contributed by atoms with Crippen LogP contribution >= 0.6 is 0 Å². The van der Waals surface area contributed by atoms with Crippen LogP contribution in [0, 0.1) is 0 Å². The summed E-state index contributed by atoms with van der Waals surface area (Å²) in [6, 6.07) is 0. The van der Waals surface area contributed by atoms with E-state index in [2.05, 4.69) is 67.7 Å². The van der Waals surface area contributed by atoms with Crippen LogP contribution in [0.1, 0.15) is 135 Å². The quantitative estimate of drug-likeness (QED) is 0.0986. The summed E-state index contributed by atoms with van der Waals surface area (Å²) in [5, 5.41) is 10.3. The highest BCUT2D eigenvalue weighted by molar-refractivity contribution is 5.64. The highest BCUT2D eigenvalue weighted by Crippen LogP contribution is 2.12. The fraction of sp³-hybridized carbons (Fsp3) is 0.656. The van der Waals surface area contributed by atoms with Gasteiger partial charge in [-0.05, 0) is 64.2 Å². The molecule has 0 saturated heterocycles. The Morgan fingerprint density at radius 2 is 0.794 bits per heavy atom. The van der Waals surface area contributed by atoms with Gasteiger partial charge in [0, 0.05) is 5.97 Å². The van der Waals surface area contributed by atoms with Crippen LogP contribution in [0.15, 0.2) is 60.8 Å². The van der Waals surface area contributed by atoms with Gasteiger partial charge in [-0.1, -0.05) is 132 Å². The van der Waals surface area contributed by atoms with Crippen molar-refractivity contribution < 1.29 is 9.90 Å². The summed E-state index contributed by atoms with van der Waals surface area (Å²) in [5.41, 5.74) is 0. The van der Waals surface area contributed by atoms with Crippen LogP contribution in [0.5, 0.6) is 0 Å². The molecule has 0 atom stereocenters. The molecule has 0 rings (SSSR count). The van der Waals surface area contributed by atoms with Crippen molar-refractivity contribution in [3.63, 3.8) is 0 Å². The highest BCUT2D eigenvalue weighted by atomic mass is 16.4. The molecule has 0 fully saturated rings. The normalized spacial score (nSPS) is 12.5. The van der Waals surface area contributed by atoms with Crippen molar-refractivity contribution in [2.45, 2.75) is 135 Å². The van der Waals surface area contributed by atoms with Crippen LogP contribution in [0.2, 0.25) is 0 Å². The highest BCUT2D eigenvalue weighted by Gasteiger charge is 1.93. The molecule has 0 unspecified atom stereocenters. The molecule has 0 aliphatic carbocycles. The Morgan fingerprint density at radius 3 is 1.18 bits per heavy atom. The maximum absolute atomic E-state index is 10.3. The van der Waals surface area contributed by atoms with Crippen molar-refractivity contribution >= 4 is 5.97 Å². The second kappa shape index (κ2) is 29.2. The van der Waals surface area contributed by atoms with Crippen LogP contribution in [0.4, 0.5) is 0 Å². The summed E-state index contributed by atoms with van der Waals surface area (Å²) in [4.78, 5) is 10.3. The van der Waals surface area contributed by atoms with Crippen molar-refractivity contribution in [2.24, 2.45) is 0 Å². The molecule has 0 aliphatic heterocycles. The Labute approximate surface area is 212 Å². The maximum Gasteiger partial charge on any atom is 0.0414 e. The lowest BCUT2D eigenvalue weighted by molar-refractivity contribution is -0.305. The maximum atomic E-state index is 10.3. The predicted octanol–water partition coefficient (Wildman–Crippen LogP) is 9.34. The Kier molecular flexibility index (Phi) is 27.6. The summed E-state index contributed by atoms with van der Waals surface area (Å²) in [6.45, 7) is 2.25. The van der Waals surface area contributed by atoms with E-state index in [-0.39, 0.29) is 6.42 Å². The van der Waals surface area contributed by atoms with Crippen LogP contribution in [-0.4, -0.2) is 5.97 Å². The molecule has 0 saturated carbocycles. The summed E-state index contributed by atoms with van der Waals surface area (Å²) in [6.07, 6.45) is 45.7. The van der Waals surface area contributed by atoms with E-state index in [1.54, 1.807) is 0 Å². The first kappa shape index (κ1) is 32.2. The van der Waals surface area contributed by atoms with Crippen LogP contribution in [0.3, 0.4) is 0 Å². The second-order valence-electron chi connectivity index (χ2n) is 9.24. The lowest BCUT2D eigenvalue weighted by Crippen LogP contribution is -2.21. The molecule has 0 heterocycles. The first-order valence-electron chi connectivity index (χ1n) is 14.2. The summed E-state index contributed by atoms with van der Waals surface area (Å²) < 4.78 is 0. The number of carboxylic acid groups (broad SMARTS) is 1. The molecule has 0 radical (unpaired) electrons. The van der Waals surface area contributed by atoms with Crippen molar-refractivity contribution in [1.82, 2.24) is 0 Å². The first-order valence-corrected chi connectivity index (χ1v) is 14.2. The lowest BCUT2D eigenvalue weighted by Gasteiger charge is -2.03. The third-order valence-electron chi connectivity index (χ3n) is 5.90. The smallest absolute Gasteiger partial charge is 0.0414 e. The fourth-order valence-corrected chi connectivity index (χ4v) is 3.78. The monoisotopic (exact) mass is 469 g/mol. The lowest BCUT2D eigenvalue weighted by atomic mass is 10.1. The zero-order valence-corrected chi connectivity index (χ0v) is 22.2. The van der Waals surface area contributed by atoms with Gasteiger partial charge in [0.25, 0.3) is 0 Å². The van der Waals surface area contributed by atoms with E-state index in [9.17, 15) is 9.90 Å². The molecule has 0 aromatic rings. The van der Waals surface area contributed by atoms with Crippen molar-refractivity contribution in [1.29, 1.82) is 0 Å². The van der Waals surface area contributed by atoms with E-state index in [4.69, 9.17) is 0 Å². The van der Waals surface area contributed by atoms with Gasteiger partial charge >= 0.3 is 0 Å². The summed E-state index contributed by atoms with van der Waals surface area (Å²) in [7, 11) is 0. The molecular weight excluding hydrogens is 416 g/mol. The van der Waals surface area contributed by atoms with E-state index in [1.807, 2.05) is 0 Å². The van der Waals surface area contributed by atoms with Gasteiger partial charge in [0.15, 0.2) is 0 Å². The molecule has 34 heavy (non-hydrogen) atoms. The Balaban J connectivity index is 3.34. The van der Waals surface area contributed by atoms with Gasteiger partial charge in [-0.2, -0.15) is 0 Å². The third-order valence-corrected chi connectivity index (χ3v) is 5.90. The summed E-state index contributed by atoms with van der Waals surface area (Å²) in [5.74, 6) is -0.912. The topological polar surface area (TPSA) is 40.1 Å². The zero-order valence-electron chi connectivity index (χ0n) is 22.2. The van der Waals surface area contributed by atoms with Gasteiger partial charge in [-0.3, -0.25) is 0 Å². The van der Waals surface area contributed by atoms with E-state index in [0.29, 0.717) is 0 Å². The average Bonchev–Trinajstić information content (AvgIpc) is 2.83. The number of carboxylic acids is 1. The molecule has 0 N–H and O–H groups in total. The van der Waals surface area contributed by atoms with E-state index in [1.165, 1.54) is 77.0 Å². The number of hydrogen-bond donors (Lipinski definition) is 0. The third kappa shape index (κ3) is 30.2. The number of hydrogen-bond acceptors (Lipinski definition) is 2. The standard InChI is InChI=1S/C32H54O2/c1-2-3-4-5-6-7-8-9-10-11-12-13-14-15-16-17-18-19-20-21-22-23-24-25-26-27-28-29-30-31-32(33)34/h6-7,9-10,12-13,15-16,18-19H,2-5,8,11,14,17,20-31H2,1H3,(H,33,34)/p-1/b7-6-,10-9-,13-12-,16-15-,19-18-. The molecule has 2 heteroatoms. The molecule has 0 aromatic carbocycles. The number of carbonyl (C=O) groups excluding carboxylic acids is 1. The molecular formula is C32H53O2-. The van der Waals surface area contributed by atoms with Crippen LogP contribution < -0.4 is 5.11 Å². The van der Waals surface area contributed by atoms with Gasteiger partial charge in [0.05, 0.1) is 0 Å². The number of carbonyl (C=O) groups is 1. The minimum atomic E-state index is -0.912. The number of rotatable bonds is 25. The van der Waals surface area contributed by atoms with Crippen LogP contribution in [0.25, 0.3) is 0 Å². The van der Waals surface area contributed by atoms with Gasteiger partial charge < -0.3 is 9.90 Å². The van der Waals surface area contributed by atoms with Crippen molar-refractivity contribution in [3.05, 3.63) is 60.8 Å².